The first-order valence-corrected chi connectivity index (χ1v) is 9.05. The van der Waals surface area contributed by atoms with E-state index in [2.05, 4.69) is 10.2 Å². The summed E-state index contributed by atoms with van der Waals surface area (Å²) in [6, 6.07) is 5.38. The van der Waals surface area contributed by atoms with E-state index in [0.29, 0.717) is 31.3 Å². The van der Waals surface area contributed by atoms with Gasteiger partial charge in [-0.1, -0.05) is 19.9 Å². The van der Waals surface area contributed by atoms with Crippen LogP contribution in [0.5, 0.6) is 11.5 Å². The molecule has 2 rings (SSSR count). The predicted octanol–water partition coefficient (Wildman–Crippen LogP) is 1.18. The van der Waals surface area contributed by atoms with Crippen molar-refractivity contribution in [3.8, 4) is 11.5 Å². The molecule has 1 aromatic rings. The zero-order chi connectivity index (χ0) is 19.1. The fraction of sp³-hybridized carbons (Fsp3) is 0.632. The van der Waals surface area contributed by atoms with Crippen LogP contribution in [-0.2, 0) is 9.53 Å². The highest BCUT2D eigenvalue weighted by Crippen LogP contribution is 2.32. The minimum Gasteiger partial charge on any atom is -0.493 e. The highest BCUT2D eigenvalue weighted by molar-refractivity contribution is 5.81. The molecule has 7 heteroatoms. The standard InChI is InChI=1S/C19H31N3O4/c1-13(2)18(20)19(23)21-12-15(22-7-9-26-10-8-22)14-5-6-16(24-3)17(11-14)25-4/h5-6,11,13,15,18H,7-10,12,20H2,1-4H3,(H,21,23)/t15?,18-/m0/s1. The predicted molar refractivity (Wildman–Crippen MR) is 101 cm³/mol. The molecule has 0 bridgehead atoms. The van der Waals surface area contributed by atoms with Crippen molar-refractivity contribution in [2.75, 3.05) is 47.1 Å². The lowest BCUT2D eigenvalue weighted by atomic mass is 10.0. The van der Waals surface area contributed by atoms with E-state index in [-0.39, 0.29) is 17.9 Å². The topological polar surface area (TPSA) is 86.0 Å². The van der Waals surface area contributed by atoms with Crippen LogP contribution in [0, 0.1) is 5.92 Å². The van der Waals surface area contributed by atoms with Gasteiger partial charge in [0.1, 0.15) is 0 Å². The summed E-state index contributed by atoms with van der Waals surface area (Å²) in [6.07, 6.45) is 0. The van der Waals surface area contributed by atoms with Crippen molar-refractivity contribution in [1.82, 2.24) is 10.2 Å². The van der Waals surface area contributed by atoms with Gasteiger partial charge < -0.3 is 25.3 Å². The third-order valence-electron chi connectivity index (χ3n) is 4.77. The van der Waals surface area contributed by atoms with Crippen molar-refractivity contribution in [2.45, 2.75) is 25.9 Å². The van der Waals surface area contributed by atoms with Gasteiger partial charge in [-0.25, -0.2) is 0 Å². The number of carbonyl (C=O) groups is 1. The summed E-state index contributed by atoms with van der Waals surface area (Å²) in [4.78, 5) is 14.6. The van der Waals surface area contributed by atoms with Gasteiger partial charge in [0.05, 0.1) is 39.5 Å². The second-order valence-electron chi connectivity index (χ2n) is 6.79. The molecule has 3 N–H and O–H groups in total. The number of nitrogens with two attached hydrogens (primary N) is 1. The van der Waals surface area contributed by atoms with Gasteiger partial charge in [0.15, 0.2) is 11.5 Å². The number of hydrogen-bond acceptors (Lipinski definition) is 6. The zero-order valence-electron chi connectivity index (χ0n) is 16.2. The van der Waals surface area contributed by atoms with Crippen molar-refractivity contribution < 1.29 is 19.0 Å². The minimum absolute atomic E-state index is 0.0158. The normalized spacial score (nSPS) is 17.6. The van der Waals surface area contributed by atoms with Crippen molar-refractivity contribution in [3.05, 3.63) is 23.8 Å². The molecule has 1 aliphatic heterocycles. The summed E-state index contributed by atoms with van der Waals surface area (Å²) in [5.41, 5.74) is 7.02. The van der Waals surface area contributed by atoms with E-state index in [1.54, 1.807) is 14.2 Å². The molecule has 1 saturated heterocycles. The molecule has 2 atom stereocenters. The molecule has 0 aliphatic carbocycles. The molecule has 7 nitrogen and oxygen atoms in total. The average molecular weight is 365 g/mol. The van der Waals surface area contributed by atoms with Gasteiger partial charge >= 0.3 is 0 Å². The number of benzene rings is 1. The molecule has 0 radical (unpaired) electrons. The third kappa shape index (κ3) is 5.09. The number of nitrogens with zero attached hydrogens (tertiary/aromatic N) is 1. The van der Waals surface area contributed by atoms with Gasteiger partial charge in [0, 0.05) is 19.6 Å². The van der Waals surface area contributed by atoms with Crippen LogP contribution in [0.1, 0.15) is 25.5 Å². The minimum atomic E-state index is -0.509. The van der Waals surface area contributed by atoms with E-state index in [4.69, 9.17) is 19.9 Å². The van der Waals surface area contributed by atoms with E-state index in [9.17, 15) is 4.79 Å². The molecule has 0 saturated carbocycles. The Labute approximate surface area is 155 Å². The van der Waals surface area contributed by atoms with E-state index < -0.39 is 6.04 Å². The first kappa shape index (κ1) is 20.5. The smallest absolute Gasteiger partial charge is 0.237 e. The quantitative estimate of drug-likeness (QED) is 0.719. The van der Waals surface area contributed by atoms with E-state index in [0.717, 1.165) is 18.7 Å². The molecule has 0 spiro atoms. The molecule has 1 aromatic carbocycles. The number of carbonyl (C=O) groups excluding carboxylic acids is 1. The Balaban J connectivity index is 2.19. The Morgan fingerprint density at radius 2 is 1.88 bits per heavy atom. The molecule has 0 aromatic heterocycles. The Morgan fingerprint density at radius 3 is 2.46 bits per heavy atom. The van der Waals surface area contributed by atoms with Gasteiger partial charge in [-0.15, -0.1) is 0 Å². The largest absolute Gasteiger partial charge is 0.493 e. The Morgan fingerprint density at radius 1 is 1.23 bits per heavy atom. The summed E-state index contributed by atoms with van der Waals surface area (Å²) in [6.45, 7) is 7.35. The maximum atomic E-state index is 12.3. The SMILES string of the molecule is COc1ccc(C(CNC(=O)[C@@H](N)C(C)C)N2CCOCC2)cc1OC. The average Bonchev–Trinajstić information content (AvgIpc) is 2.67. The number of rotatable bonds is 8. The number of ether oxygens (including phenoxy) is 3. The summed E-state index contributed by atoms with van der Waals surface area (Å²) in [5.74, 6) is 1.33. The van der Waals surface area contributed by atoms with E-state index in [1.807, 2.05) is 32.0 Å². The second kappa shape index (κ2) is 9.75. The maximum absolute atomic E-state index is 12.3. The summed E-state index contributed by atoms with van der Waals surface area (Å²) in [7, 11) is 3.24. The molecular formula is C19H31N3O4. The Kier molecular flexibility index (Phi) is 7.68. The molecule has 1 unspecified atom stereocenters. The van der Waals surface area contributed by atoms with Crippen molar-refractivity contribution in [3.63, 3.8) is 0 Å². The molecule has 146 valence electrons. The lowest BCUT2D eigenvalue weighted by Crippen LogP contribution is -2.48. The van der Waals surface area contributed by atoms with Crippen LogP contribution >= 0.6 is 0 Å². The lowest BCUT2D eigenvalue weighted by molar-refractivity contribution is -0.123. The van der Waals surface area contributed by atoms with Gasteiger partial charge in [-0.05, 0) is 23.6 Å². The molecule has 1 fully saturated rings. The van der Waals surface area contributed by atoms with Crippen LogP contribution in [0.4, 0.5) is 0 Å². The number of morpholine rings is 1. The highest BCUT2D eigenvalue weighted by atomic mass is 16.5. The number of nitrogens with one attached hydrogen (secondary N) is 1. The molecular weight excluding hydrogens is 334 g/mol. The van der Waals surface area contributed by atoms with E-state index >= 15 is 0 Å². The number of amides is 1. The van der Waals surface area contributed by atoms with Gasteiger partial charge in [0.2, 0.25) is 5.91 Å². The van der Waals surface area contributed by atoms with Crippen LogP contribution in [0.2, 0.25) is 0 Å². The lowest BCUT2D eigenvalue weighted by Gasteiger charge is -2.35. The summed E-state index contributed by atoms with van der Waals surface area (Å²) < 4.78 is 16.2. The summed E-state index contributed by atoms with van der Waals surface area (Å²) >= 11 is 0. The van der Waals surface area contributed by atoms with Gasteiger partial charge in [-0.2, -0.15) is 0 Å². The van der Waals surface area contributed by atoms with Crippen molar-refractivity contribution in [2.24, 2.45) is 11.7 Å². The van der Waals surface area contributed by atoms with Gasteiger partial charge in [-0.3, -0.25) is 9.69 Å². The first-order chi connectivity index (χ1) is 12.5. The highest BCUT2D eigenvalue weighted by Gasteiger charge is 2.25. The third-order valence-corrected chi connectivity index (χ3v) is 4.77. The number of hydrogen-bond donors (Lipinski definition) is 2. The maximum Gasteiger partial charge on any atom is 0.237 e. The Bertz CT molecular complexity index is 588. The molecule has 1 heterocycles. The zero-order valence-corrected chi connectivity index (χ0v) is 16.2. The summed E-state index contributed by atoms with van der Waals surface area (Å²) in [5, 5.41) is 3.01. The van der Waals surface area contributed by atoms with Crippen LogP contribution in [0.15, 0.2) is 18.2 Å². The van der Waals surface area contributed by atoms with Crippen LogP contribution in [0.3, 0.4) is 0 Å². The van der Waals surface area contributed by atoms with Crippen molar-refractivity contribution in [1.29, 1.82) is 0 Å². The van der Waals surface area contributed by atoms with Crippen LogP contribution < -0.4 is 20.5 Å². The fourth-order valence-electron chi connectivity index (χ4n) is 3.02. The van der Waals surface area contributed by atoms with Gasteiger partial charge in [0.25, 0.3) is 0 Å². The molecule has 26 heavy (non-hydrogen) atoms. The first-order valence-electron chi connectivity index (χ1n) is 9.05. The van der Waals surface area contributed by atoms with E-state index in [1.165, 1.54) is 0 Å². The molecule has 1 amide bonds. The second-order valence-corrected chi connectivity index (χ2v) is 6.79. The van der Waals surface area contributed by atoms with Crippen LogP contribution in [-0.4, -0.2) is 63.9 Å². The Hall–Kier alpha value is -1.83. The van der Waals surface area contributed by atoms with Crippen LogP contribution in [0.25, 0.3) is 0 Å². The van der Waals surface area contributed by atoms with Crippen molar-refractivity contribution >= 4 is 5.91 Å². The molecule has 1 aliphatic rings. The monoisotopic (exact) mass is 365 g/mol. The number of methoxy groups -OCH3 is 2. The fourth-order valence-corrected chi connectivity index (χ4v) is 3.02.